The van der Waals surface area contributed by atoms with Gasteiger partial charge in [-0.3, -0.25) is 0 Å². The summed E-state index contributed by atoms with van der Waals surface area (Å²) in [4.78, 5) is 0. The van der Waals surface area contributed by atoms with Gasteiger partial charge in [-0.25, -0.2) is 8.78 Å². The molecule has 0 amide bonds. The average molecular weight is 271 g/mol. The summed E-state index contributed by atoms with van der Waals surface area (Å²) in [7, 11) is 1.62. The molecule has 0 radical (unpaired) electrons. The molecule has 4 heteroatoms. The Balaban J connectivity index is 3.09. The van der Waals surface area contributed by atoms with E-state index in [1.54, 1.807) is 26.2 Å². The molecule has 2 nitrogen and oxygen atoms in total. The van der Waals surface area contributed by atoms with E-state index in [4.69, 9.17) is 4.74 Å². The standard InChI is InChI=1S/C15H23F2NO/c1-6-18-12(9-15(3,4)19-5)11-8-7-10(2)13(16)14(11)17/h7-8,12,18H,6,9H2,1-5H3. The molecule has 19 heavy (non-hydrogen) atoms. The van der Waals surface area contributed by atoms with Crippen LogP contribution in [0.5, 0.6) is 0 Å². The van der Waals surface area contributed by atoms with Crippen molar-refractivity contribution in [1.29, 1.82) is 0 Å². The molecule has 1 aromatic rings. The quantitative estimate of drug-likeness (QED) is 0.851. The number of aryl methyl sites for hydroxylation is 1. The lowest BCUT2D eigenvalue weighted by molar-refractivity contribution is 0.00666. The molecule has 0 aliphatic carbocycles. The molecule has 0 spiro atoms. The third kappa shape index (κ3) is 3.98. The lowest BCUT2D eigenvalue weighted by Crippen LogP contribution is -2.32. The summed E-state index contributed by atoms with van der Waals surface area (Å²) in [6, 6.07) is 2.99. The topological polar surface area (TPSA) is 21.3 Å². The average Bonchev–Trinajstić information content (AvgIpc) is 2.35. The van der Waals surface area contributed by atoms with Gasteiger partial charge >= 0.3 is 0 Å². The van der Waals surface area contributed by atoms with Gasteiger partial charge in [-0.15, -0.1) is 0 Å². The van der Waals surface area contributed by atoms with Gasteiger partial charge < -0.3 is 10.1 Å². The lowest BCUT2D eigenvalue weighted by atomic mass is 9.92. The van der Waals surface area contributed by atoms with Crippen molar-refractivity contribution in [1.82, 2.24) is 5.32 Å². The van der Waals surface area contributed by atoms with Crippen LogP contribution in [0.4, 0.5) is 8.78 Å². The SMILES string of the molecule is CCNC(CC(C)(C)OC)c1ccc(C)c(F)c1F. The van der Waals surface area contributed by atoms with E-state index in [1.165, 1.54) is 0 Å². The molecular formula is C15H23F2NO. The van der Waals surface area contributed by atoms with Crippen molar-refractivity contribution in [2.24, 2.45) is 0 Å². The van der Waals surface area contributed by atoms with E-state index < -0.39 is 17.2 Å². The third-order valence-electron chi connectivity index (χ3n) is 3.38. The van der Waals surface area contributed by atoms with Crippen LogP contribution in [0.25, 0.3) is 0 Å². The van der Waals surface area contributed by atoms with E-state index in [-0.39, 0.29) is 6.04 Å². The van der Waals surface area contributed by atoms with Crippen LogP contribution in [-0.2, 0) is 4.74 Å². The van der Waals surface area contributed by atoms with E-state index in [9.17, 15) is 8.78 Å². The second-order valence-electron chi connectivity index (χ2n) is 5.38. The van der Waals surface area contributed by atoms with Gasteiger partial charge in [0.15, 0.2) is 11.6 Å². The second-order valence-corrected chi connectivity index (χ2v) is 5.38. The van der Waals surface area contributed by atoms with Crippen LogP contribution in [-0.4, -0.2) is 19.3 Å². The van der Waals surface area contributed by atoms with Gasteiger partial charge in [0.25, 0.3) is 0 Å². The van der Waals surface area contributed by atoms with Gasteiger partial charge in [0.05, 0.1) is 5.60 Å². The Hall–Kier alpha value is -1.00. The Labute approximate surface area is 114 Å². The molecule has 0 aliphatic heterocycles. The van der Waals surface area contributed by atoms with E-state index in [0.29, 0.717) is 24.1 Å². The molecule has 0 bridgehead atoms. The number of ether oxygens (including phenoxy) is 1. The smallest absolute Gasteiger partial charge is 0.163 e. The monoisotopic (exact) mass is 271 g/mol. The maximum absolute atomic E-state index is 14.1. The summed E-state index contributed by atoms with van der Waals surface area (Å²) in [5, 5.41) is 3.19. The molecule has 1 N–H and O–H groups in total. The fourth-order valence-electron chi connectivity index (χ4n) is 2.04. The summed E-state index contributed by atoms with van der Waals surface area (Å²) in [6.45, 7) is 8.04. The first-order valence-corrected chi connectivity index (χ1v) is 6.55. The summed E-state index contributed by atoms with van der Waals surface area (Å²) in [5.74, 6) is -1.53. The fourth-order valence-corrected chi connectivity index (χ4v) is 2.04. The van der Waals surface area contributed by atoms with Gasteiger partial charge in [0.1, 0.15) is 0 Å². The minimum absolute atomic E-state index is 0.268. The first-order valence-electron chi connectivity index (χ1n) is 6.55. The second kappa shape index (κ2) is 6.44. The lowest BCUT2D eigenvalue weighted by Gasteiger charge is -2.29. The summed E-state index contributed by atoms with van der Waals surface area (Å²) in [6.07, 6.45) is 0.566. The number of halogens is 2. The van der Waals surface area contributed by atoms with E-state index in [2.05, 4.69) is 5.32 Å². The van der Waals surface area contributed by atoms with Gasteiger partial charge in [0, 0.05) is 18.7 Å². The fraction of sp³-hybridized carbons (Fsp3) is 0.600. The summed E-state index contributed by atoms with van der Waals surface area (Å²) < 4.78 is 33.1. The third-order valence-corrected chi connectivity index (χ3v) is 3.38. The highest BCUT2D eigenvalue weighted by molar-refractivity contribution is 5.28. The Morgan fingerprint density at radius 3 is 2.42 bits per heavy atom. The highest BCUT2D eigenvalue weighted by Crippen LogP contribution is 2.29. The molecule has 1 atom stereocenters. The number of benzene rings is 1. The van der Waals surface area contributed by atoms with Crippen molar-refractivity contribution in [2.75, 3.05) is 13.7 Å². The Bertz CT molecular complexity index is 432. The molecule has 0 fully saturated rings. The predicted molar refractivity (Wildman–Crippen MR) is 73.2 cm³/mol. The van der Waals surface area contributed by atoms with E-state index >= 15 is 0 Å². The predicted octanol–water partition coefficient (Wildman–Crippen LogP) is 3.74. The molecule has 1 unspecified atom stereocenters. The van der Waals surface area contributed by atoms with Crippen LogP contribution >= 0.6 is 0 Å². The van der Waals surface area contributed by atoms with Crippen LogP contribution in [0.3, 0.4) is 0 Å². The van der Waals surface area contributed by atoms with Crippen molar-refractivity contribution in [3.05, 3.63) is 34.9 Å². The minimum atomic E-state index is -0.768. The van der Waals surface area contributed by atoms with Crippen LogP contribution < -0.4 is 5.32 Å². The van der Waals surface area contributed by atoms with E-state index in [1.807, 2.05) is 20.8 Å². The summed E-state index contributed by atoms with van der Waals surface area (Å²) >= 11 is 0. The molecule has 108 valence electrons. The van der Waals surface area contributed by atoms with Crippen LogP contribution in [0.1, 0.15) is 44.4 Å². The molecular weight excluding hydrogens is 248 g/mol. The van der Waals surface area contributed by atoms with E-state index in [0.717, 1.165) is 0 Å². The number of rotatable bonds is 6. The molecule has 0 aliphatic rings. The molecule has 0 heterocycles. The van der Waals surface area contributed by atoms with Gasteiger partial charge in [0.2, 0.25) is 0 Å². The molecule has 0 saturated heterocycles. The number of hydrogen-bond acceptors (Lipinski definition) is 2. The number of hydrogen-bond donors (Lipinski definition) is 1. The number of methoxy groups -OCH3 is 1. The minimum Gasteiger partial charge on any atom is -0.379 e. The first-order chi connectivity index (χ1) is 8.82. The zero-order valence-electron chi connectivity index (χ0n) is 12.3. The highest BCUT2D eigenvalue weighted by Gasteiger charge is 2.26. The van der Waals surface area contributed by atoms with Crippen molar-refractivity contribution < 1.29 is 13.5 Å². The van der Waals surface area contributed by atoms with Gasteiger partial charge in [-0.05, 0) is 39.3 Å². The van der Waals surface area contributed by atoms with Crippen LogP contribution in [0.2, 0.25) is 0 Å². The van der Waals surface area contributed by atoms with Crippen LogP contribution in [0.15, 0.2) is 12.1 Å². The largest absolute Gasteiger partial charge is 0.379 e. The highest BCUT2D eigenvalue weighted by atomic mass is 19.2. The molecule has 1 aromatic carbocycles. The molecule has 0 aromatic heterocycles. The summed E-state index contributed by atoms with van der Waals surface area (Å²) in [5.41, 5.74) is 0.276. The zero-order valence-corrected chi connectivity index (χ0v) is 12.3. The molecule has 1 rings (SSSR count). The van der Waals surface area contributed by atoms with Gasteiger partial charge in [-0.1, -0.05) is 19.1 Å². The van der Waals surface area contributed by atoms with Crippen molar-refractivity contribution >= 4 is 0 Å². The zero-order chi connectivity index (χ0) is 14.6. The van der Waals surface area contributed by atoms with Crippen molar-refractivity contribution in [3.8, 4) is 0 Å². The molecule has 0 saturated carbocycles. The Morgan fingerprint density at radius 1 is 1.26 bits per heavy atom. The maximum Gasteiger partial charge on any atom is 0.163 e. The maximum atomic E-state index is 14.1. The van der Waals surface area contributed by atoms with Crippen molar-refractivity contribution in [3.63, 3.8) is 0 Å². The first kappa shape index (κ1) is 16.1. The normalized spacial score (nSPS) is 13.6. The Morgan fingerprint density at radius 2 is 1.89 bits per heavy atom. The van der Waals surface area contributed by atoms with Crippen LogP contribution in [0, 0.1) is 18.6 Å². The van der Waals surface area contributed by atoms with Gasteiger partial charge in [-0.2, -0.15) is 0 Å². The van der Waals surface area contributed by atoms with Crippen molar-refractivity contribution in [2.45, 2.75) is 45.8 Å². The Kier molecular flexibility index (Phi) is 5.44. The number of nitrogens with one attached hydrogen (secondary N) is 1.